The van der Waals surface area contributed by atoms with Gasteiger partial charge < -0.3 is 9.30 Å². The summed E-state index contributed by atoms with van der Waals surface area (Å²) in [6.45, 7) is 9.32. The summed E-state index contributed by atoms with van der Waals surface area (Å²) in [6.07, 6.45) is 1.29. The maximum Gasteiger partial charge on any atom is 0.158 e. The van der Waals surface area contributed by atoms with Crippen molar-refractivity contribution in [2.45, 2.75) is 52.1 Å². The Kier molecular flexibility index (Phi) is 3.53. The minimum absolute atomic E-state index is 0.0720. The van der Waals surface area contributed by atoms with Crippen LogP contribution in [0.25, 0.3) is 11.2 Å². The van der Waals surface area contributed by atoms with Crippen molar-refractivity contribution in [3.8, 4) is 0 Å². The molecule has 6 heteroatoms. The van der Waals surface area contributed by atoms with Gasteiger partial charge in [-0.3, -0.25) is 4.68 Å². The van der Waals surface area contributed by atoms with Gasteiger partial charge in [0, 0.05) is 25.1 Å². The summed E-state index contributed by atoms with van der Waals surface area (Å²) in [4.78, 5) is 4.70. The summed E-state index contributed by atoms with van der Waals surface area (Å²) in [5.74, 6) is 1.34. The number of alkyl halides is 1. The Balaban J connectivity index is 2.09. The molecule has 0 radical (unpaired) electrons. The lowest BCUT2D eigenvalue weighted by molar-refractivity contribution is -0.127. The van der Waals surface area contributed by atoms with E-state index in [0.717, 1.165) is 35.7 Å². The van der Waals surface area contributed by atoms with E-state index >= 15 is 0 Å². The Bertz CT molecular complexity index is 673. The van der Waals surface area contributed by atoms with Crippen LogP contribution in [-0.2, 0) is 17.7 Å². The molecule has 0 saturated heterocycles. The number of ether oxygens (including phenoxy) is 1. The van der Waals surface area contributed by atoms with Crippen molar-refractivity contribution in [2.24, 2.45) is 12.5 Å². The number of aryl methyl sites for hydroxylation is 2. The number of aromatic nitrogens is 4. The Morgan fingerprint density at radius 3 is 2.71 bits per heavy atom. The molecule has 2 aromatic rings. The van der Waals surface area contributed by atoms with Crippen molar-refractivity contribution >= 4 is 22.8 Å². The predicted molar refractivity (Wildman–Crippen MR) is 83.6 cm³/mol. The maximum atomic E-state index is 6.14. The molecule has 2 unspecified atom stereocenters. The average Bonchev–Trinajstić information content (AvgIpc) is 2.93. The Labute approximate surface area is 130 Å². The normalized spacial score (nSPS) is 24.5. The fraction of sp³-hybridized carbons (Fsp3) is 0.733. The topological polar surface area (TPSA) is 44.9 Å². The van der Waals surface area contributed by atoms with E-state index in [-0.39, 0.29) is 5.41 Å². The van der Waals surface area contributed by atoms with Crippen LogP contribution in [0.1, 0.15) is 44.8 Å². The summed E-state index contributed by atoms with van der Waals surface area (Å²) < 4.78 is 10.0. The first-order valence-corrected chi connectivity index (χ1v) is 8.03. The fourth-order valence-corrected chi connectivity index (χ4v) is 3.74. The summed E-state index contributed by atoms with van der Waals surface area (Å²) in [5.41, 5.74) is 3.05. The number of fused-ring (bicyclic) bond motifs is 1. The largest absolute Gasteiger partial charge is 0.378 e. The molecule has 116 valence electrons. The van der Waals surface area contributed by atoms with Gasteiger partial charge in [0.2, 0.25) is 0 Å². The first kappa shape index (κ1) is 14.9. The molecule has 1 fully saturated rings. The molecule has 2 aromatic heterocycles. The highest BCUT2D eigenvalue weighted by Crippen LogP contribution is 2.52. The van der Waals surface area contributed by atoms with Gasteiger partial charge in [-0.1, -0.05) is 13.8 Å². The van der Waals surface area contributed by atoms with E-state index in [1.165, 1.54) is 0 Å². The molecule has 0 N–H and O–H groups in total. The molecular weight excluding hydrogens is 288 g/mol. The number of rotatable bonds is 4. The second kappa shape index (κ2) is 4.99. The van der Waals surface area contributed by atoms with E-state index in [0.29, 0.717) is 18.0 Å². The molecule has 5 nitrogen and oxygen atoms in total. The van der Waals surface area contributed by atoms with Crippen LogP contribution in [0.2, 0.25) is 0 Å². The van der Waals surface area contributed by atoms with Crippen molar-refractivity contribution in [2.75, 3.05) is 6.61 Å². The Morgan fingerprint density at radius 1 is 1.43 bits per heavy atom. The lowest BCUT2D eigenvalue weighted by Crippen LogP contribution is -2.51. The van der Waals surface area contributed by atoms with Gasteiger partial charge in [0.05, 0.1) is 17.7 Å². The first-order valence-electron chi connectivity index (χ1n) is 7.49. The number of hydrogen-bond acceptors (Lipinski definition) is 3. The van der Waals surface area contributed by atoms with Crippen LogP contribution in [0.15, 0.2) is 0 Å². The third-order valence-corrected chi connectivity index (χ3v) is 5.07. The summed E-state index contributed by atoms with van der Waals surface area (Å²) in [5, 5.41) is 4.49. The molecule has 2 heterocycles. The van der Waals surface area contributed by atoms with Gasteiger partial charge in [0.1, 0.15) is 11.3 Å². The number of hydrogen-bond donors (Lipinski definition) is 0. The molecule has 0 aromatic carbocycles. The van der Waals surface area contributed by atoms with Gasteiger partial charge in [-0.05, 0) is 20.3 Å². The zero-order valence-electron chi connectivity index (χ0n) is 13.4. The molecular formula is C15H23ClN4O. The molecule has 1 aliphatic carbocycles. The van der Waals surface area contributed by atoms with Gasteiger partial charge in [0.25, 0.3) is 0 Å². The molecule has 2 atom stereocenters. The van der Waals surface area contributed by atoms with Crippen LogP contribution in [0, 0.1) is 12.3 Å². The Hall–Kier alpha value is -1.07. The zero-order valence-corrected chi connectivity index (χ0v) is 14.1. The smallest absolute Gasteiger partial charge is 0.158 e. The van der Waals surface area contributed by atoms with Crippen molar-refractivity contribution < 1.29 is 4.74 Å². The quantitative estimate of drug-likeness (QED) is 0.815. The van der Waals surface area contributed by atoms with Crippen molar-refractivity contribution in [1.82, 2.24) is 19.3 Å². The molecule has 21 heavy (non-hydrogen) atoms. The molecule has 0 amide bonds. The monoisotopic (exact) mass is 310 g/mol. The summed E-state index contributed by atoms with van der Waals surface area (Å²) >= 11 is 6.14. The highest BCUT2D eigenvalue weighted by atomic mass is 35.5. The lowest BCUT2D eigenvalue weighted by Gasteiger charge is -2.52. The van der Waals surface area contributed by atoms with E-state index in [9.17, 15) is 0 Å². The minimum Gasteiger partial charge on any atom is -0.378 e. The van der Waals surface area contributed by atoms with Crippen molar-refractivity contribution in [1.29, 1.82) is 0 Å². The molecule has 1 saturated carbocycles. The standard InChI is InChI=1S/C15H23ClN4O/c1-6-21-11-7-10(15(11,3)4)20-12(8-16)17-13-9(2)18-19(5)14(13)20/h10-11H,6-8H2,1-5H3. The van der Waals surface area contributed by atoms with E-state index in [1.807, 2.05) is 25.6 Å². The van der Waals surface area contributed by atoms with Crippen LogP contribution >= 0.6 is 11.6 Å². The number of halogens is 1. The second-order valence-electron chi connectivity index (χ2n) is 6.43. The Morgan fingerprint density at radius 2 is 2.14 bits per heavy atom. The first-order chi connectivity index (χ1) is 9.91. The average molecular weight is 311 g/mol. The minimum atomic E-state index is 0.0720. The molecule has 0 spiro atoms. The number of imidazole rings is 1. The second-order valence-corrected chi connectivity index (χ2v) is 6.70. The van der Waals surface area contributed by atoms with E-state index < -0.39 is 0 Å². The van der Waals surface area contributed by atoms with Gasteiger partial charge in [0.15, 0.2) is 5.65 Å². The van der Waals surface area contributed by atoms with E-state index in [4.69, 9.17) is 21.3 Å². The van der Waals surface area contributed by atoms with Crippen LogP contribution < -0.4 is 0 Å². The van der Waals surface area contributed by atoms with Crippen LogP contribution in [0.5, 0.6) is 0 Å². The highest BCUT2D eigenvalue weighted by molar-refractivity contribution is 6.16. The van der Waals surface area contributed by atoms with Crippen LogP contribution in [-0.4, -0.2) is 32.0 Å². The van der Waals surface area contributed by atoms with Gasteiger partial charge in [-0.15, -0.1) is 11.6 Å². The van der Waals surface area contributed by atoms with E-state index in [2.05, 4.69) is 23.5 Å². The molecule has 3 rings (SSSR count). The third-order valence-electron chi connectivity index (χ3n) is 4.83. The van der Waals surface area contributed by atoms with Crippen molar-refractivity contribution in [3.63, 3.8) is 0 Å². The predicted octanol–water partition coefficient (Wildman–Crippen LogP) is 3.19. The third kappa shape index (κ3) is 2.01. The van der Waals surface area contributed by atoms with Crippen LogP contribution in [0.4, 0.5) is 0 Å². The van der Waals surface area contributed by atoms with Crippen molar-refractivity contribution in [3.05, 3.63) is 11.5 Å². The SMILES string of the molecule is CCOC1CC(n2c(CCl)nc3c(C)nn(C)c32)C1(C)C. The van der Waals surface area contributed by atoms with E-state index in [1.54, 1.807) is 0 Å². The number of nitrogens with zero attached hydrogens (tertiary/aromatic N) is 4. The zero-order chi connectivity index (χ0) is 15.4. The van der Waals surface area contributed by atoms with Gasteiger partial charge in [-0.2, -0.15) is 5.10 Å². The van der Waals surface area contributed by atoms with Crippen LogP contribution in [0.3, 0.4) is 0 Å². The molecule has 0 aliphatic heterocycles. The fourth-order valence-electron chi connectivity index (χ4n) is 3.55. The highest BCUT2D eigenvalue weighted by Gasteiger charge is 2.51. The summed E-state index contributed by atoms with van der Waals surface area (Å²) in [6, 6.07) is 0.350. The lowest BCUT2D eigenvalue weighted by atomic mass is 9.64. The summed E-state index contributed by atoms with van der Waals surface area (Å²) in [7, 11) is 1.97. The molecule has 1 aliphatic rings. The molecule has 0 bridgehead atoms. The van der Waals surface area contributed by atoms with Gasteiger partial charge >= 0.3 is 0 Å². The maximum absolute atomic E-state index is 6.14. The van der Waals surface area contributed by atoms with Gasteiger partial charge in [-0.25, -0.2) is 4.98 Å².